The SMILES string of the molecule is COC(C(=O)NCc1ccc(C(=N)N)cc1)c1cccc([N+](=O)[O-])c1.Cl. The van der Waals surface area contributed by atoms with Gasteiger partial charge in [0.15, 0.2) is 6.10 Å². The molecular weight excluding hydrogens is 360 g/mol. The van der Waals surface area contributed by atoms with Gasteiger partial charge in [-0.1, -0.05) is 36.4 Å². The Balaban J connectivity index is 0.00000338. The number of hydrogen-bond donors (Lipinski definition) is 3. The molecule has 0 bridgehead atoms. The summed E-state index contributed by atoms with van der Waals surface area (Å²) in [4.78, 5) is 22.7. The van der Waals surface area contributed by atoms with Gasteiger partial charge in [0.25, 0.3) is 11.6 Å². The number of nitro benzene ring substituents is 1. The number of halogens is 1. The number of nitrogen functional groups attached to an aromatic ring is 1. The van der Waals surface area contributed by atoms with Crippen molar-refractivity contribution < 1.29 is 14.5 Å². The molecule has 2 aromatic rings. The molecule has 4 N–H and O–H groups in total. The van der Waals surface area contributed by atoms with Gasteiger partial charge in [0, 0.05) is 31.4 Å². The molecule has 0 aliphatic carbocycles. The molecule has 1 unspecified atom stereocenters. The number of ether oxygens (including phenoxy) is 1. The number of non-ortho nitro benzene ring substituents is 1. The first-order valence-electron chi connectivity index (χ1n) is 7.40. The molecule has 138 valence electrons. The van der Waals surface area contributed by atoms with Crippen LogP contribution in [0.15, 0.2) is 48.5 Å². The number of amidine groups is 1. The number of hydrogen-bond acceptors (Lipinski definition) is 5. The number of carbonyl (C=O) groups excluding carboxylic acids is 1. The minimum Gasteiger partial charge on any atom is -0.384 e. The molecule has 0 aromatic heterocycles. The number of rotatable bonds is 7. The summed E-state index contributed by atoms with van der Waals surface area (Å²) in [5.41, 5.74) is 7.11. The molecule has 0 aliphatic rings. The van der Waals surface area contributed by atoms with Crippen LogP contribution in [-0.2, 0) is 16.1 Å². The number of nitro groups is 1. The highest BCUT2D eigenvalue weighted by Gasteiger charge is 2.21. The van der Waals surface area contributed by atoms with Crippen LogP contribution in [0.1, 0.15) is 22.8 Å². The summed E-state index contributed by atoms with van der Waals surface area (Å²) in [6.45, 7) is 0.256. The largest absolute Gasteiger partial charge is 0.384 e. The van der Waals surface area contributed by atoms with Crippen molar-refractivity contribution in [1.82, 2.24) is 5.32 Å². The lowest BCUT2D eigenvalue weighted by Crippen LogP contribution is -2.30. The third-order valence-electron chi connectivity index (χ3n) is 3.59. The number of nitrogens with zero attached hydrogens (tertiary/aromatic N) is 1. The third-order valence-corrected chi connectivity index (χ3v) is 3.59. The van der Waals surface area contributed by atoms with E-state index in [2.05, 4.69) is 5.32 Å². The molecule has 0 fully saturated rings. The van der Waals surface area contributed by atoms with Gasteiger partial charge in [-0.15, -0.1) is 12.4 Å². The van der Waals surface area contributed by atoms with Crippen LogP contribution in [-0.4, -0.2) is 23.8 Å². The second kappa shape index (κ2) is 9.50. The van der Waals surface area contributed by atoms with Gasteiger partial charge in [-0.2, -0.15) is 0 Å². The topological polar surface area (TPSA) is 131 Å². The van der Waals surface area contributed by atoms with E-state index in [1.54, 1.807) is 30.3 Å². The van der Waals surface area contributed by atoms with Crippen molar-refractivity contribution in [1.29, 1.82) is 5.41 Å². The zero-order valence-electron chi connectivity index (χ0n) is 14.0. The van der Waals surface area contributed by atoms with E-state index in [1.807, 2.05) is 0 Å². The van der Waals surface area contributed by atoms with Crippen molar-refractivity contribution in [2.75, 3.05) is 7.11 Å². The summed E-state index contributed by atoms with van der Waals surface area (Å²) in [5, 5.41) is 20.9. The number of amides is 1. The normalized spacial score (nSPS) is 11.1. The molecule has 1 amide bonds. The van der Waals surface area contributed by atoms with Gasteiger partial charge in [-0.3, -0.25) is 20.3 Å². The van der Waals surface area contributed by atoms with Crippen LogP contribution in [0.2, 0.25) is 0 Å². The molecule has 0 radical (unpaired) electrons. The monoisotopic (exact) mass is 378 g/mol. The fourth-order valence-electron chi connectivity index (χ4n) is 2.28. The Bertz CT molecular complexity index is 796. The fourth-order valence-corrected chi connectivity index (χ4v) is 2.28. The molecule has 0 saturated heterocycles. The Morgan fingerprint density at radius 1 is 1.31 bits per heavy atom. The Morgan fingerprint density at radius 2 is 1.96 bits per heavy atom. The first-order valence-corrected chi connectivity index (χ1v) is 7.40. The summed E-state index contributed by atoms with van der Waals surface area (Å²) in [7, 11) is 1.37. The molecule has 8 nitrogen and oxygen atoms in total. The average Bonchev–Trinajstić information content (AvgIpc) is 2.61. The molecule has 0 spiro atoms. The van der Waals surface area contributed by atoms with Crippen molar-refractivity contribution >= 4 is 29.8 Å². The Hall–Kier alpha value is -2.97. The summed E-state index contributed by atoms with van der Waals surface area (Å²) in [6.07, 6.45) is -0.948. The second-order valence-electron chi connectivity index (χ2n) is 5.30. The maximum Gasteiger partial charge on any atom is 0.269 e. The van der Waals surface area contributed by atoms with Crippen molar-refractivity contribution in [2.45, 2.75) is 12.6 Å². The molecule has 2 rings (SSSR count). The number of benzene rings is 2. The number of nitrogens with one attached hydrogen (secondary N) is 2. The lowest BCUT2D eigenvalue weighted by molar-refractivity contribution is -0.385. The zero-order valence-corrected chi connectivity index (χ0v) is 14.8. The van der Waals surface area contributed by atoms with Crippen molar-refractivity contribution in [2.24, 2.45) is 5.73 Å². The van der Waals surface area contributed by atoms with Gasteiger partial charge in [0.05, 0.1) is 4.92 Å². The van der Waals surface area contributed by atoms with Gasteiger partial charge in [-0.25, -0.2) is 0 Å². The minimum absolute atomic E-state index is 0. The first kappa shape index (κ1) is 21.1. The van der Waals surface area contributed by atoms with E-state index in [4.69, 9.17) is 15.9 Å². The number of nitrogens with two attached hydrogens (primary N) is 1. The highest BCUT2D eigenvalue weighted by atomic mass is 35.5. The molecular formula is C17H19ClN4O4. The van der Waals surface area contributed by atoms with Gasteiger partial charge in [-0.05, 0) is 11.1 Å². The molecule has 26 heavy (non-hydrogen) atoms. The third kappa shape index (κ3) is 5.27. The molecule has 0 saturated carbocycles. The fraction of sp³-hybridized carbons (Fsp3) is 0.176. The standard InChI is InChI=1S/C17H18N4O4.ClH/c1-25-15(13-3-2-4-14(9-13)21(23)24)17(22)20-10-11-5-7-12(8-6-11)16(18)19;/h2-9,15H,10H2,1H3,(H3,18,19)(H,20,22);1H. The van der Waals surface area contributed by atoms with E-state index in [9.17, 15) is 14.9 Å². The smallest absolute Gasteiger partial charge is 0.269 e. The van der Waals surface area contributed by atoms with Crippen molar-refractivity contribution in [3.63, 3.8) is 0 Å². The molecule has 2 aromatic carbocycles. The van der Waals surface area contributed by atoms with Crippen LogP contribution in [0.25, 0.3) is 0 Å². The van der Waals surface area contributed by atoms with Gasteiger partial charge >= 0.3 is 0 Å². The maximum absolute atomic E-state index is 12.3. The Morgan fingerprint density at radius 3 is 2.50 bits per heavy atom. The van der Waals surface area contributed by atoms with E-state index < -0.39 is 16.9 Å². The van der Waals surface area contributed by atoms with Crippen LogP contribution in [0, 0.1) is 15.5 Å². The predicted molar refractivity (Wildman–Crippen MR) is 99.4 cm³/mol. The van der Waals surface area contributed by atoms with E-state index >= 15 is 0 Å². The zero-order chi connectivity index (χ0) is 18.4. The van der Waals surface area contributed by atoms with Crippen LogP contribution in [0.3, 0.4) is 0 Å². The van der Waals surface area contributed by atoms with Crippen molar-refractivity contribution in [3.8, 4) is 0 Å². The Labute approximate surface area is 156 Å². The average molecular weight is 379 g/mol. The van der Waals surface area contributed by atoms with Gasteiger partial charge in [0.2, 0.25) is 0 Å². The molecule has 0 heterocycles. The molecule has 1 atom stereocenters. The lowest BCUT2D eigenvalue weighted by atomic mass is 10.1. The lowest BCUT2D eigenvalue weighted by Gasteiger charge is -2.15. The van der Waals surface area contributed by atoms with E-state index in [1.165, 1.54) is 25.3 Å². The second-order valence-corrected chi connectivity index (χ2v) is 5.30. The predicted octanol–water partition coefficient (Wildman–Crippen LogP) is 2.30. The minimum atomic E-state index is -0.948. The summed E-state index contributed by atoms with van der Waals surface area (Å²) < 4.78 is 5.19. The highest BCUT2D eigenvalue weighted by Crippen LogP contribution is 2.22. The van der Waals surface area contributed by atoms with Gasteiger partial charge in [0.1, 0.15) is 5.84 Å². The number of methoxy groups -OCH3 is 1. The summed E-state index contributed by atoms with van der Waals surface area (Å²) in [6, 6.07) is 12.7. The molecule has 9 heteroatoms. The molecule has 0 aliphatic heterocycles. The van der Waals surface area contributed by atoms with E-state index in [0.29, 0.717) is 11.1 Å². The van der Waals surface area contributed by atoms with Crippen LogP contribution >= 0.6 is 12.4 Å². The first-order chi connectivity index (χ1) is 11.9. The summed E-state index contributed by atoms with van der Waals surface area (Å²) in [5.74, 6) is -0.431. The highest BCUT2D eigenvalue weighted by molar-refractivity contribution is 5.94. The van der Waals surface area contributed by atoms with E-state index in [-0.39, 0.29) is 30.5 Å². The number of carbonyl (C=O) groups is 1. The van der Waals surface area contributed by atoms with Gasteiger partial charge < -0.3 is 15.8 Å². The quantitative estimate of drug-likeness (QED) is 0.294. The van der Waals surface area contributed by atoms with Crippen LogP contribution < -0.4 is 11.1 Å². The van der Waals surface area contributed by atoms with E-state index in [0.717, 1.165) is 5.56 Å². The van der Waals surface area contributed by atoms with Crippen molar-refractivity contribution in [3.05, 3.63) is 75.3 Å². The summed E-state index contributed by atoms with van der Waals surface area (Å²) >= 11 is 0. The maximum atomic E-state index is 12.3. The van der Waals surface area contributed by atoms with Crippen LogP contribution in [0.5, 0.6) is 0 Å². The van der Waals surface area contributed by atoms with Crippen LogP contribution in [0.4, 0.5) is 5.69 Å². The Kier molecular flexibility index (Phi) is 7.70.